The maximum Gasteiger partial charge on any atom is 0.412 e. The molecule has 1 N–H and O–H groups in total. The molecule has 0 bridgehead atoms. The number of rotatable bonds is 5. The Morgan fingerprint density at radius 3 is 2.62 bits per heavy atom. The SMILES string of the molecule is C=C(C)C(OC(=O)Nc1cccc([N+](=O)[O-])c1)C(=O)OC. The minimum Gasteiger partial charge on any atom is -0.466 e. The lowest BCUT2D eigenvalue weighted by Gasteiger charge is -2.15. The molecule has 1 aromatic carbocycles. The monoisotopic (exact) mass is 294 g/mol. The zero-order valence-electron chi connectivity index (χ0n) is 11.5. The van der Waals surface area contributed by atoms with Crippen molar-refractivity contribution in [3.8, 4) is 0 Å². The van der Waals surface area contributed by atoms with E-state index in [0.29, 0.717) is 0 Å². The van der Waals surface area contributed by atoms with Crippen LogP contribution in [0.4, 0.5) is 16.2 Å². The van der Waals surface area contributed by atoms with Gasteiger partial charge in [0, 0.05) is 12.1 Å². The Hall–Kier alpha value is -2.90. The highest BCUT2D eigenvalue weighted by atomic mass is 16.6. The molecule has 0 saturated carbocycles. The summed E-state index contributed by atoms with van der Waals surface area (Å²) < 4.78 is 9.36. The van der Waals surface area contributed by atoms with Crippen molar-refractivity contribution >= 4 is 23.4 Å². The van der Waals surface area contributed by atoms with Gasteiger partial charge in [-0.2, -0.15) is 0 Å². The average molecular weight is 294 g/mol. The first-order valence-electron chi connectivity index (χ1n) is 5.80. The van der Waals surface area contributed by atoms with Crippen LogP contribution < -0.4 is 5.32 Å². The Bertz CT molecular complexity index is 584. The Labute approximate surface area is 120 Å². The fourth-order valence-corrected chi connectivity index (χ4v) is 1.41. The highest BCUT2D eigenvalue weighted by Gasteiger charge is 2.24. The van der Waals surface area contributed by atoms with Gasteiger partial charge in [0.05, 0.1) is 17.7 Å². The molecule has 0 aliphatic rings. The van der Waals surface area contributed by atoms with Crippen LogP contribution in [0, 0.1) is 10.1 Å². The summed E-state index contributed by atoms with van der Waals surface area (Å²) in [5.41, 5.74) is 0.271. The van der Waals surface area contributed by atoms with Crippen molar-refractivity contribution in [2.24, 2.45) is 0 Å². The van der Waals surface area contributed by atoms with Gasteiger partial charge in [-0.15, -0.1) is 0 Å². The number of benzene rings is 1. The molecule has 0 aromatic heterocycles. The van der Waals surface area contributed by atoms with Gasteiger partial charge in [-0.1, -0.05) is 12.6 Å². The third kappa shape index (κ3) is 4.60. The van der Waals surface area contributed by atoms with Crippen LogP contribution in [0.25, 0.3) is 0 Å². The van der Waals surface area contributed by atoms with Crippen LogP contribution in [0.3, 0.4) is 0 Å². The van der Waals surface area contributed by atoms with Gasteiger partial charge < -0.3 is 9.47 Å². The molecule has 1 amide bonds. The molecule has 0 aliphatic carbocycles. The van der Waals surface area contributed by atoms with Crippen LogP contribution in [-0.2, 0) is 14.3 Å². The van der Waals surface area contributed by atoms with E-state index in [-0.39, 0.29) is 16.9 Å². The number of carbonyl (C=O) groups is 2. The maximum atomic E-state index is 11.7. The molecule has 0 saturated heterocycles. The van der Waals surface area contributed by atoms with Gasteiger partial charge in [0.2, 0.25) is 6.10 Å². The molecule has 0 fully saturated rings. The van der Waals surface area contributed by atoms with E-state index < -0.39 is 23.1 Å². The van der Waals surface area contributed by atoms with Crippen molar-refractivity contribution < 1.29 is 24.0 Å². The number of hydrogen-bond acceptors (Lipinski definition) is 6. The molecule has 8 nitrogen and oxygen atoms in total. The summed E-state index contributed by atoms with van der Waals surface area (Å²) in [6.07, 6.45) is -2.19. The van der Waals surface area contributed by atoms with Gasteiger partial charge in [-0.3, -0.25) is 15.4 Å². The van der Waals surface area contributed by atoms with Crippen LogP contribution in [0.1, 0.15) is 6.92 Å². The second kappa shape index (κ2) is 7.04. The molecule has 8 heteroatoms. The molecular weight excluding hydrogens is 280 g/mol. The average Bonchev–Trinajstić information content (AvgIpc) is 2.43. The van der Waals surface area contributed by atoms with E-state index in [1.54, 1.807) is 0 Å². The molecule has 0 heterocycles. The van der Waals surface area contributed by atoms with E-state index in [9.17, 15) is 19.7 Å². The molecule has 112 valence electrons. The number of nitrogens with one attached hydrogen (secondary N) is 1. The van der Waals surface area contributed by atoms with E-state index in [0.717, 1.165) is 13.2 Å². The maximum absolute atomic E-state index is 11.7. The topological polar surface area (TPSA) is 108 Å². The van der Waals surface area contributed by atoms with Crippen molar-refractivity contribution in [1.82, 2.24) is 0 Å². The Balaban J connectivity index is 2.77. The van der Waals surface area contributed by atoms with Crippen molar-refractivity contribution in [2.75, 3.05) is 12.4 Å². The minimum atomic E-state index is -1.24. The first-order chi connectivity index (χ1) is 9.85. The van der Waals surface area contributed by atoms with Gasteiger partial charge in [0.15, 0.2) is 0 Å². The number of nitrogens with zero attached hydrogens (tertiary/aromatic N) is 1. The first kappa shape index (κ1) is 16.2. The number of amides is 1. The van der Waals surface area contributed by atoms with E-state index in [2.05, 4.69) is 16.6 Å². The fourth-order valence-electron chi connectivity index (χ4n) is 1.41. The van der Waals surface area contributed by atoms with Gasteiger partial charge in [-0.05, 0) is 18.6 Å². The van der Waals surface area contributed by atoms with Gasteiger partial charge >= 0.3 is 12.1 Å². The second-order valence-electron chi connectivity index (χ2n) is 4.09. The lowest BCUT2D eigenvalue weighted by atomic mass is 10.2. The van der Waals surface area contributed by atoms with Crippen LogP contribution in [0.5, 0.6) is 0 Å². The molecule has 1 rings (SSSR count). The molecular formula is C13H14N2O6. The number of nitro groups is 1. The summed E-state index contributed by atoms with van der Waals surface area (Å²) in [5.74, 6) is -0.767. The Morgan fingerprint density at radius 2 is 2.10 bits per heavy atom. The van der Waals surface area contributed by atoms with Crippen molar-refractivity contribution in [3.63, 3.8) is 0 Å². The summed E-state index contributed by atoms with van der Waals surface area (Å²) >= 11 is 0. The number of ether oxygens (including phenoxy) is 2. The summed E-state index contributed by atoms with van der Waals surface area (Å²) in [6, 6.07) is 5.29. The zero-order valence-corrected chi connectivity index (χ0v) is 11.5. The van der Waals surface area contributed by atoms with Crippen LogP contribution in [-0.4, -0.2) is 30.2 Å². The lowest BCUT2D eigenvalue weighted by molar-refractivity contribution is -0.384. The largest absolute Gasteiger partial charge is 0.466 e. The summed E-state index contributed by atoms with van der Waals surface area (Å²) in [7, 11) is 1.15. The standard InChI is InChI=1S/C13H14N2O6/c1-8(2)11(12(16)20-3)21-13(17)14-9-5-4-6-10(7-9)15(18)19/h4-7,11H,1H2,2-3H3,(H,14,17). The highest BCUT2D eigenvalue weighted by Crippen LogP contribution is 2.17. The molecule has 1 atom stereocenters. The summed E-state index contributed by atoms with van der Waals surface area (Å²) in [6.45, 7) is 5.03. The van der Waals surface area contributed by atoms with E-state index >= 15 is 0 Å². The third-order valence-corrected chi connectivity index (χ3v) is 2.39. The predicted molar refractivity (Wildman–Crippen MR) is 73.8 cm³/mol. The summed E-state index contributed by atoms with van der Waals surface area (Å²) in [4.78, 5) is 33.1. The van der Waals surface area contributed by atoms with E-state index in [4.69, 9.17) is 4.74 Å². The lowest BCUT2D eigenvalue weighted by Crippen LogP contribution is -2.31. The first-order valence-corrected chi connectivity index (χ1v) is 5.80. The van der Waals surface area contributed by atoms with Crippen molar-refractivity contribution in [1.29, 1.82) is 0 Å². The van der Waals surface area contributed by atoms with E-state index in [1.165, 1.54) is 25.1 Å². The molecule has 1 aromatic rings. The molecule has 0 aliphatic heterocycles. The van der Waals surface area contributed by atoms with E-state index in [1.807, 2.05) is 0 Å². The normalized spacial score (nSPS) is 11.1. The number of carbonyl (C=O) groups excluding carboxylic acids is 2. The number of methoxy groups -OCH3 is 1. The Morgan fingerprint density at radius 1 is 1.43 bits per heavy atom. The number of anilines is 1. The van der Waals surface area contributed by atoms with Crippen LogP contribution in [0.2, 0.25) is 0 Å². The van der Waals surface area contributed by atoms with Gasteiger partial charge in [-0.25, -0.2) is 9.59 Å². The molecule has 0 spiro atoms. The highest BCUT2D eigenvalue weighted by molar-refractivity contribution is 5.88. The second-order valence-corrected chi connectivity index (χ2v) is 4.09. The summed E-state index contributed by atoms with van der Waals surface area (Å²) in [5, 5.41) is 12.9. The van der Waals surface area contributed by atoms with Crippen molar-refractivity contribution in [3.05, 3.63) is 46.5 Å². The number of esters is 1. The quantitative estimate of drug-likeness (QED) is 0.386. The zero-order chi connectivity index (χ0) is 16.0. The minimum absolute atomic E-state index is 0.166. The van der Waals surface area contributed by atoms with Crippen LogP contribution in [0.15, 0.2) is 36.4 Å². The van der Waals surface area contributed by atoms with Crippen LogP contribution >= 0.6 is 0 Å². The fraction of sp³-hybridized carbons (Fsp3) is 0.231. The molecule has 0 radical (unpaired) electrons. The number of hydrogen-bond donors (Lipinski definition) is 1. The van der Waals surface area contributed by atoms with Crippen molar-refractivity contribution in [2.45, 2.75) is 13.0 Å². The number of non-ortho nitro benzene ring substituents is 1. The number of nitro benzene ring substituents is 1. The smallest absolute Gasteiger partial charge is 0.412 e. The molecule has 21 heavy (non-hydrogen) atoms. The Kier molecular flexibility index (Phi) is 5.41. The third-order valence-electron chi connectivity index (χ3n) is 2.39. The molecule has 1 unspecified atom stereocenters. The van der Waals surface area contributed by atoms with Gasteiger partial charge in [0.1, 0.15) is 0 Å². The van der Waals surface area contributed by atoms with Gasteiger partial charge in [0.25, 0.3) is 5.69 Å². The predicted octanol–water partition coefficient (Wildman–Crippen LogP) is 2.26.